The summed E-state index contributed by atoms with van der Waals surface area (Å²) < 4.78 is 0. The Balaban J connectivity index is 2.56. The second-order valence-electron chi connectivity index (χ2n) is 5.86. The molecule has 3 heteroatoms. The van der Waals surface area contributed by atoms with E-state index in [0.717, 1.165) is 6.54 Å². The fraction of sp³-hybridized carbons (Fsp3) is 0.786. The smallest absolute Gasteiger partial charge is 0.188 e. The van der Waals surface area contributed by atoms with Crippen LogP contribution in [0.25, 0.3) is 0 Å². The summed E-state index contributed by atoms with van der Waals surface area (Å²) in [6.07, 6.45) is 7.49. The largest absolute Gasteiger partial charge is 0.370 e. The highest BCUT2D eigenvalue weighted by Crippen LogP contribution is 2.33. The lowest BCUT2D eigenvalue weighted by Gasteiger charge is -2.29. The fourth-order valence-electron chi connectivity index (χ4n) is 2.18. The van der Waals surface area contributed by atoms with Crippen LogP contribution in [0.4, 0.5) is 0 Å². The van der Waals surface area contributed by atoms with Crippen LogP contribution in [-0.4, -0.2) is 18.5 Å². The predicted molar refractivity (Wildman–Crippen MR) is 75.1 cm³/mol. The number of guanidine groups is 1. The summed E-state index contributed by atoms with van der Waals surface area (Å²) in [5.74, 6) is 0.560. The van der Waals surface area contributed by atoms with E-state index in [2.05, 4.69) is 44.1 Å². The molecule has 0 atom stereocenters. The Morgan fingerprint density at radius 2 is 2.18 bits per heavy atom. The highest BCUT2D eigenvalue weighted by Gasteiger charge is 2.23. The van der Waals surface area contributed by atoms with Gasteiger partial charge in [0.25, 0.3) is 0 Å². The molecule has 1 aliphatic carbocycles. The standard InChI is InChI=1S/C14H27N3/c1-11(2)17-13(15)16-10-14(3,4)12-8-6-5-7-9-12/h8,11H,5-7,9-10H2,1-4H3,(H3,15,16,17). The molecule has 0 bridgehead atoms. The van der Waals surface area contributed by atoms with Crippen LogP contribution in [0, 0.1) is 5.41 Å². The molecule has 0 aromatic heterocycles. The van der Waals surface area contributed by atoms with Gasteiger partial charge in [0.1, 0.15) is 0 Å². The van der Waals surface area contributed by atoms with Gasteiger partial charge in [0.15, 0.2) is 5.96 Å². The van der Waals surface area contributed by atoms with Crippen LogP contribution < -0.4 is 11.1 Å². The highest BCUT2D eigenvalue weighted by molar-refractivity contribution is 5.78. The Bertz CT molecular complexity index is 301. The van der Waals surface area contributed by atoms with E-state index in [1.54, 1.807) is 5.57 Å². The molecule has 0 unspecified atom stereocenters. The molecule has 0 heterocycles. The first-order valence-electron chi connectivity index (χ1n) is 6.68. The Labute approximate surface area is 106 Å². The van der Waals surface area contributed by atoms with Crippen molar-refractivity contribution in [3.8, 4) is 0 Å². The van der Waals surface area contributed by atoms with Crippen LogP contribution in [0.5, 0.6) is 0 Å². The van der Waals surface area contributed by atoms with E-state index in [0.29, 0.717) is 12.0 Å². The molecular formula is C14H27N3. The molecule has 0 aromatic carbocycles. The molecule has 0 amide bonds. The van der Waals surface area contributed by atoms with Crippen molar-refractivity contribution < 1.29 is 0 Å². The van der Waals surface area contributed by atoms with E-state index in [1.807, 2.05) is 0 Å². The molecule has 98 valence electrons. The Kier molecular flexibility index (Phi) is 5.03. The van der Waals surface area contributed by atoms with Gasteiger partial charge in [-0.2, -0.15) is 0 Å². The van der Waals surface area contributed by atoms with Crippen LogP contribution in [0.1, 0.15) is 53.4 Å². The third-order valence-corrected chi connectivity index (χ3v) is 3.24. The van der Waals surface area contributed by atoms with Gasteiger partial charge in [-0.15, -0.1) is 0 Å². The van der Waals surface area contributed by atoms with Crippen molar-refractivity contribution in [3.63, 3.8) is 0 Å². The van der Waals surface area contributed by atoms with Gasteiger partial charge < -0.3 is 11.1 Å². The lowest BCUT2D eigenvalue weighted by atomic mass is 9.78. The van der Waals surface area contributed by atoms with Gasteiger partial charge in [0.2, 0.25) is 0 Å². The molecule has 17 heavy (non-hydrogen) atoms. The fourth-order valence-corrected chi connectivity index (χ4v) is 2.18. The molecular weight excluding hydrogens is 210 g/mol. The Morgan fingerprint density at radius 3 is 2.71 bits per heavy atom. The van der Waals surface area contributed by atoms with E-state index < -0.39 is 0 Å². The number of aliphatic imine (C=N–C) groups is 1. The summed E-state index contributed by atoms with van der Waals surface area (Å²) in [4.78, 5) is 4.45. The quantitative estimate of drug-likeness (QED) is 0.449. The highest BCUT2D eigenvalue weighted by atomic mass is 15.1. The van der Waals surface area contributed by atoms with Crippen LogP contribution >= 0.6 is 0 Å². The third kappa shape index (κ3) is 4.80. The van der Waals surface area contributed by atoms with Gasteiger partial charge >= 0.3 is 0 Å². The summed E-state index contributed by atoms with van der Waals surface area (Å²) in [5, 5.41) is 3.13. The van der Waals surface area contributed by atoms with Gasteiger partial charge in [-0.05, 0) is 39.5 Å². The number of rotatable bonds is 4. The molecule has 0 spiro atoms. The van der Waals surface area contributed by atoms with Gasteiger partial charge in [-0.3, -0.25) is 4.99 Å². The first-order chi connectivity index (χ1) is 7.92. The first kappa shape index (κ1) is 14.1. The zero-order valence-corrected chi connectivity index (χ0v) is 11.7. The van der Waals surface area contributed by atoms with Crippen molar-refractivity contribution in [3.05, 3.63) is 11.6 Å². The lowest BCUT2D eigenvalue weighted by Crippen LogP contribution is -2.37. The average molecular weight is 237 g/mol. The van der Waals surface area contributed by atoms with Crippen LogP contribution in [0.15, 0.2) is 16.6 Å². The molecule has 3 N–H and O–H groups in total. The SMILES string of the molecule is CC(C)NC(N)=NCC(C)(C)C1=CCCCC1. The molecule has 0 aliphatic heterocycles. The minimum Gasteiger partial charge on any atom is -0.370 e. The maximum Gasteiger partial charge on any atom is 0.188 e. The molecule has 0 saturated heterocycles. The van der Waals surface area contributed by atoms with E-state index in [9.17, 15) is 0 Å². The third-order valence-electron chi connectivity index (χ3n) is 3.24. The number of hydrogen-bond donors (Lipinski definition) is 2. The Hall–Kier alpha value is -0.990. The number of nitrogens with two attached hydrogens (primary N) is 1. The lowest BCUT2D eigenvalue weighted by molar-refractivity contribution is 0.426. The number of nitrogens with one attached hydrogen (secondary N) is 1. The average Bonchev–Trinajstić information content (AvgIpc) is 2.27. The van der Waals surface area contributed by atoms with Crippen molar-refractivity contribution in [2.75, 3.05) is 6.54 Å². The second-order valence-corrected chi connectivity index (χ2v) is 5.86. The minimum absolute atomic E-state index is 0.143. The second kappa shape index (κ2) is 6.08. The maximum absolute atomic E-state index is 5.83. The molecule has 0 aromatic rings. The molecule has 1 rings (SSSR count). The monoisotopic (exact) mass is 237 g/mol. The first-order valence-corrected chi connectivity index (χ1v) is 6.68. The zero-order valence-electron chi connectivity index (χ0n) is 11.7. The molecule has 0 saturated carbocycles. The zero-order chi connectivity index (χ0) is 12.9. The van der Waals surface area contributed by atoms with Crippen LogP contribution in [0.2, 0.25) is 0 Å². The van der Waals surface area contributed by atoms with Crippen molar-refractivity contribution in [1.82, 2.24) is 5.32 Å². The van der Waals surface area contributed by atoms with Crippen molar-refractivity contribution in [2.24, 2.45) is 16.1 Å². The number of hydrogen-bond acceptors (Lipinski definition) is 1. The summed E-state index contributed by atoms with van der Waals surface area (Å²) in [7, 11) is 0. The normalized spacial score (nSPS) is 18.2. The number of allylic oxidation sites excluding steroid dienone is 1. The van der Waals surface area contributed by atoms with E-state index in [4.69, 9.17) is 5.73 Å². The van der Waals surface area contributed by atoms with Crippen LogP contribution in [0.3, 0.4) is 0 Å². The molecule has 0 radical (unpaired) electrons. The number of nitrogens with zero attached hydrogens (tertiary/aromatic N) is 1. The van der Waals surface area contributed by atoms with E-state index >= 15 is 0 Å². The van der Waals surface area contributed by atoms with Crippen LogP contribution in [-0.2, 0) is 0 Å². The topological polar surface area (TPSA) is 50.4 Å². The summed E-state index contributed by atoms with van der Waals surface area (Å²) in [5.41, 5.74) is 7.52. The van der Waals surface area contributed by atoms with Gasteiger partial charge in [-0.25, -0.2) is 0 Å². The van der Waals surface area contributed by atoms with E-state index in [1.165, 1.54) is 25.7 Å². The molecule has 1 aliphatic rings. The van der Waals surface area contributed by atoms with Crippen molar-refractivity contribution >= 4 is 5.96 Å². The van der Waals surface area contributed by atoms with Crippen molar-refractivity contribution in [1.29, 1.82) is 0 Å². The minimum atomic E-state index is 0.143. The summed E-state index contributed by atoms with van der Waals surface area (Å²) in [6, 6.07) is 0.343. The van der Waals surface area contributed by atoms with Crippen molar-refractivity contribution in [2.45, 2.75) is 59.4 Å². The van der Waals surface area contributed by atoms with Gasteiger partial charge in [-0.1, -0.05) is 25.5 Å². The Morgan fingerprint density at radius 1 is 1.47 bits per heavy atom. The maximum atomic E-state index is 5.83. The molecule has 0 fully saturated rings. The van der Waals surface area contributed by atoms with E-state index in [-0.39, 0.29) is 5.41 Å². The molecule has 3 nitrogen and oxygen atoms in total. The van der Waals surface area contributed by atoms with Gasteiger partial charge in [0.05, 0.1) is 6.54 Å². The van der Waals surface area contributed by atoms with Gasteiger partial charge in [0, 0.05) is 11.5 Å². The predicted octanol–water partition coefficient (Wildman–Crippen LogP) is 2.83. The summed E-state index contributed by atoms with van der Waals surface area (Å²) >= 11 is 0. The summed E-state index contributed by atoms with van der Waals surface area (Å²) in [6.45, 7) is 9.42.